The molecule has 3 rings (SSSR count). The molecule has 11 heteroatoms. The number of hydrogen-bond acceptors (Lipinski definition) is 4. The second kappa shape index (κ2) is 11.7. The van der Waals surface area contributed by atoms with Gasteiger partial charge in [-0.3, -0.25) is 0 Å². The number of alkyl halides is 3. The molecule has 0 saturated heterocycles. The zero-order valence-electron chi connectivity index (χ0n) is 18.4. The van der Waals surface area contributed by atoms with E-state index in [0.29, 0.717) is 31.9 Å². The summed E-state index contributed by atoms with van der Waals surface area (Å²) < 4.78 is 45.9. The Morgan fingerprint density at radius 1 is 1.16 bits per heavy atom. The van der Waals surface area contributed by atoms with E-state index in [1.807, 2.05) is 42.8 Å². The van der Waals surface area contributed by atoms with Gasteiger partial charge in [0.05, 0.1) is 26.1 Å². The molecule has 1 heterocycles. The number of aliphatic imine (C=N–C) groups is 1. The molecule has 0 bridgehead atoms. The minimum Gasteiger partial charge on any atom is -0.497 e. The molecule has 1 aliphatic carbocycles. The summed E-state index contributed by atoms with van der Waals surface area (Å²) in [5.41, 5.74) is 0.997. The highest BCUT2D eigenvalue weighted by molar-refractivity contribution is 14.0. The van der Waals surface area contributed by atoms with E-state index in [-0.39, 0.29) is 42.9 Å². The summed E-state index contributed by atoms with van der Waals surface area (Å²) in [6.45, 7) is 2.70. The highest BCUT2D eigenvalue weighted by atomic mass is 127. The van der Waals surface area contributed by atoms with Gasteiger partial charge in [0, 0.05) is 13.1 Å². The van der Waals surface area contributed by atoms with Crippen LogP contribution in [0.5, 0.6) is 5.75 Å². The van der Waals surface area contributed by atoms with Crippen molar-refractivity contribution in [3.8, 4) is 5.75 Å². The molecule has 0 radical (unpaired) electrons. The summed E-state index contributed by atoms with van der Waals surface area (Å²) >= 11 is 0. The molecule has 178 valence electrons. The number of benzene rings is 1. The third-order valence-electron chi connectivity index (χ3n) is 5.71. The van der Waals surface area contributed by atoms with Crippen LogP contribution in [0.25, 0.3) is 0 Å². The Morgan fingerprint density at radius 2 is 1.81 bits per heavy atom. The van der Waals surface area contributed by atoms with E-state index in [2.05, 4.69) is 25.8 Å². The lowest BCUT2D eigenvalue weighted by molar-refractivity contribution is -0.182. The molecule has 1 saturated carbocycles. The Morgan fingerprint density at radius 3 is 2.34 bits per heavy atom. The predicted octanol–water partition coefficient (Wildman–Crippen LogP) is 4.11. The van der Waals surface area contributed by atoms with Crippen LogP contribution in [0, 0.1) is 12.8 Å². The number of hydrogen-bond donors (Lipinski definition) is 2. The maximum atomic E-state index is 13.0. The smallest absolute Gasteiger partial charge is 0.391 e. The highest BCUT2D eigenvalue weighted by Gasteiger charge is 2.41. The van der Waals surface area contributed by atoms with Crippen molar-refractivity contribution < 1.29 is 17.9 Å². The van der Waals surface area contributed by atoms with Gasteiger partial charge in [-0.05, 0) is 50.3 Å². The quantitative estimate of drug-likeness (QED) is 0.313. The van der Waals surface area contributed by atoms with E-state index >= 15 is 0 Å². The maximum absolute atomic E-state index is 13.0. The van der Waals surface area contributed by atoms with Crippen molar-refractivity contribution in [3.63, 3.8) is 0 Å². The third kappa shape index (κ3) is 7.24. The number of nitrogens with zero attached hydrogens (tertiary/aromatic N) is 4. The molecule has 7 nitrogen and oxygen atoms in total. The zero-order chi connectivity index (χ0) is 22.4. The first-order chi connectivity index (χ1) is 14.8. The number of aromatic nitrogens is 3. The SMILES string of the molecule is COc1ccc(CN=C(NCc2nnc(C)n2C)NC2CCC(C(F)(F)F)CC2)cc1.I. The maximum Gasteiger partial charge on any atom is 0.391 e. The van der Waals surface area contributed by atoms with E-state index < -0.39 is 12.1 Å². The minimum absolute atomic E-state index is 0. The Kier molecular flexibility index (Phi) is 9.59. The summed E-state index contributed by atoms with van der Waals surface area (Å²) in [5.74, 6) is 1.65. The molecule has 1 aromatic carbocycles. The second-order valence-corrected chi connectivity index (χ2v) is 7.82. The van der Waals surface area contributed by atoms with Crippen LogP contribution in [-0.4, -0.2) is 40.1 Å². The lowest BCUT2D eigenvalue weighted by Crippen LogP contribution is -2.45. The number of ether oxygens (including phenoxy) is 1. The average molecular weight is 566 g/mol. The molecule has 2 aromatic rings. The van der Waals surface area contributed by atoms with Crippen molar-refractivity contribution in [3.05, 3.63) is 41.5 Å². The Labute approximate surface area is 203 Å². The zero-order valence-corrected chi connectivity index (χ0v) is 20.8. The lowest BCUT2D eigenvalue weighted by Gasteiger charge is -2.31. The van der Waals surface area contributed by atoms with Crippen LogP contribution in [0.15, 0.2) is 29.3 Å². The van der Waals surface area contributed by atoms with Gasteiger partial charge in [-0.25, -0.2) is 4.99 Å². The van der Waals surface area contributed by atoms with Crippen LogP contribution in [0.1, 0.15) is 42.9 Å². The third-order valence-corrected chi connectivity index (χ3v) is 5.71. The van der Waals surface area contributed by atoms with Gasteiger partial charge >= 0.3 is 6.18 Å². The van der Waals surface area contributed by atoms with Gasteiger partial charge < -0.3 is 19.9 Å². The molecular formula is C21H30F3IN6O. The van der Waals surface area contributed by atoms with Crippen molar-refractivity contribution in [1.82, 2.24) is 25.4 Å². The van der Waals surface area contributed by atoms with Gasteiger partial charge in [0.2, 0.25) is 0 Å². The largest absolute Gasteiger partial charge is 0.497 e. The average Bonchev–Trinajstić information content (AvgIpc) is 3.08. The van der Waals surface area contributed by atoms with Crippen LogP contribution in [0.4, 0.5) is 13.2 Å². The topological polar surface area (TPSA) is 76.4 Å². The van der Waals surface area contributed by atoms with Gasteiger partial charge in [0.1, 0.15) is 11.6 Å². The molecular weight excluding hydrogens is 536 g/mol. The number of halogens is 4. The normalized spacial score (nSPS) is 19.2. The molecule has 0 aliphatic heterocycles. The molecule has 32 heavy (non-hydrogen) atoms. The van der Waals surface area contributed by atoms with Gasteiger partial charge in [-0.1, -0.05) is 12.1 Å². The lowest BCUT2D eigenvalue weighted by atomic mass is 9.85. The fraction of sp³-hybridized carbons (Fsp3) is 0.571. The summed E-state index contributed by atoms with van der Waals surface area (Å²) in [4.78, 5) is 4.64. The van der Waals surface area contributed by atoms with E-state index in [1.54, 1.807) is 7.11 Å². The molecule has 0 unspecified atom stereocenters. The second-order valence-electron chi connectivity index (χ2n) is 7.82. The Bertz CT molecular complexity index is 877. The number of aryl methyl sites for hydroxylation is 1. The molecule has 0 atom stereocenters. The van der Waals surface area contributed by atoms with Crippen molar-refractivity contribution in [2.45, 2.75) is 57.9 Å². The molecule has 1 aromatic heterocycles. The standard InChI is InChI=1S/C21H29F3N6O.HI/c1-14-28-29-19(30(14)2)13-26-20(25-12-15-4-10-18(31-3)11-5-15)27-17-8-6-16(7-9-17)21(22,23)24;/h4-5,10-11,16-17H,6-9,12-13H2,1-3H3,(H2,25,26,27);1H. The molecule has 2 N–H and O–H groups in total. The highest BCUT2D eigenvalue weighted by Crippen LogP contribution is 2.37. The Balaban J connectivity index is 0.00000363. The number of nitrogens with one attached hydrogen (secondary N) is 2. The van der Waals surface area contributed by atoms with Gasteiger partial charge in [-0.15, -0.1) is 34.2 Å². The van der Waals surface area contributed by atoms with Crippen LogP contribution in [0.2, 0.25) is 0 Å². The first-order valence-corrected chi connectivity index (χ1v) is 10.4. The van der Waals surface area contributed by atoms with E-state index in [9.17, 15) is 13.2 Å². The van der Waals surface area contributed by atoms with Crippen LogP contribution < -0.4 is 15.4 Å². The van der Waals surface area contributed by atoms with Gasteiger partial charge in [-0.2, -0.15) is 13.2 Å². The van der Waals surface area contributed by atoms with Crippen LogP contribution in [-0.2, 0) is 20.1 Å². The van der Waals surface area contributed by atoms with Crippen LogP contribution >= 0.6 is 24.0 Å². The van der Waals surface area contributed by atoms with Crippen molar-refractivity contribution in [2.75, 3.05) is 7.11 Å². The first-order valence-electron chi connectivity index (χ1n) is 10.4. The van der Waals surface area contributed by atoms with Gasteiger partial charge in [0.15, 0.2) is 11.8 Å². The molecule has 0 amide bonds. The van der Waals surface area contributed by atoms with Crippen molar-refractivity contribution in [2.24, 2.45) is 18.0 Å². The molecule has 0 spiro atoms. The van der Waals surface area contributed by atoms with Gasteiger partial charge in [0.25, 0.3) is 0 Å². The Hall–Kier alpha value is -2.05. The van der Waals surface area contributed by atoms with E-state index in [4.69, 9.17) is 4.74 Å². The fourth-order valence-corrected chi connectivity index (χ4v) is 3.58. The summed E-state index contributed by atoms with van der Waals surface area (Å²) in [6.07, 6.45) is -2.94. The molecule has 1 fully saturated rings. The van der Waals surface area contributed by atoms with Crippen molar-refractivity contribution in [1.29, 1.82) is 0 Å². The summed E-state index contributed by atoms with van der Waals surface area (Å²) in [6, 6.07) is 7.54. The fourth-order valence-electron chi connectivity index (χ4n) is 3.58. The monoisotopic (exact) mass is 566 g/mol. The first kappa shape index (κ1) is 26.2. The van der Waals surface area contributed by atoms with Crippen molar-refractivity contribution >= 4 is 29.9 Å². The molecule has 1 aliphatic rings. The van der Waals surface area contributed by atoms with Crippen LogP contribution in [0.3, 0.4) is 0 Å². The van der Waals surface area contributed by atoms with E-state index in [0.717, 1.165) is 23.0 Å². The number of rotatable bonds is 6. The number of guanidine groups is 1. The number of methoxy groups -OCH3 is 1. The summed E-state index contributed by atoms with van der Waals surface area (Å²) in [7, 11) is 3.49. The van der Waals surface area contributed by atoms with E-state index in [1.165, 1.54) is 0 Å². The predicted molar refractivity (Wildman–Crippen MR) is 127 cm³/mol. The summed E-state index contributed by atoms with van der Waals surface area (Å²) in [5, 5.41) is 14.7. The minimum atomic E-state index is -4.11.